The van der Waals surface area contributed by atoms with Gasteiger partial charge >= 0.3 is 11.8 Å². The van der Waals surface area contributed by atoms with Gasteiger partial charge in [0, 0.05) is 12.1 Å². The molecule has 7 heteroatoms. The quantitative estimate of drug-likeness (QED) is 0.819. The maximum Gasteiger partial charge on any atom is 0.314 e. The molecule has 6 nitrogen and oxygen atoms in total. The number of carbonyl (C=O) groups is 2. The van der Waals surface area contributed by atoms with Gasteiger partial charge in [0.1, 0.15) is 6.26 Å². The Balaban J connectivity index is 1.86. The lowest BCUT2D eigenvalue weighted by molar-refractivity contribution is -0.136. The Morgan fingerprint density at radius 1 is 1.44 bits per heavy atom. The van der Waals surface area contributed by atoms with Gasteiger partial charge in [0.2, 0.25) is 0 Å². The summed E-state index contributed by atoms with van der Waals surface area (Å²) < 4.78 is 4.65. The van der Waals surface area contributed by atoms with Crippen LogP contribution in [-0.2, 0) is 16.1 Å². The topological polar surface area (TPSA) is 84.2 Å². The van der Waals surface area contributed by atoms with Crippen LogP contribution in [0.3, 0.4) is 0 Å². The zero-order chi connectivity index (χ0) is 13.0. The minimum absolute atomic E-state index is 0.255. The summed E-state index contributed by atoms with van der Waals surface area (Å²) in [5.41, 5.74) is 1.62. The highest BCUT2D eigenvalue weighted by molar-refractivity contribution is 7.07. The van der Waals surface area contributed by atoms with Crippen molar-refractivity contribution in [2.24, 2.45) is 0 Å². The van der Waals surface area contributed by atoms with Crippen LogP contribution in [-0.4, -0.2) is 17.0 Å². The Morgan fingerprint density at radius 3 is 2.89 bits per heavy atom. The van der Waals surface area contributed by atoms with Gasteiger partial charge in [-0.1, -0.05) is 5.16 Å². The lowest BCUT2D eigenvalue weighted by Crippen LogP contribution is -2.35. The fourth-order valence-electron chi connectivity index (χ4n) is 1.23. The summed E-state index contributed by atoms with van der Waals surface area (Å²) in [4.78, 5) is 23.0. The number of hydrogen-bond acceptors (Lipinski definition) is 5. The molecule has 2 aromatic heterocycles. The molecule has 0 aliphatic heterocycles. The number of carbonyl (C=O) groups excluding carboxylic acids is 2. The molecule has 0 aliphatic rings. The first-order valence-electron chi connectivity index (χ1n) is 5.18. The van der Waals surface area contributed by atoms with Crippen molar-refractivity contribution in [1.82, 2.24) is 10.5 Å². The van der Waals surface area contributed by atoms with E-state index in [2.05, 4.69) is 20.3 Å². The monoisotopic (exact) mass is 265 g/mol. The highest BCUT2D eigenvalue weighted by Gasteiger charge is 2.16. The summed E-state index contributed by atoms with van der Waals surface area (Å²) in [5, 5.41) is 12.2. The second kappa shape index (κ2) is 5.46. The van der Waals surface area contributed by atoms with Gasteiger partial charge in [0.05, 0.1) is 0 Å². The highest BCUT2D eigenvalue weighted by atomic mass is 32.1. The Labute approximate surface area is 107 Å². The Bertz CT molecular complexity index is 548. The molecule has 0 saturated heterocycles. The van der Waals surface area contributed by atoms with E-state index in [1.165, 1.54) is 17.6 Å². The molecule has 2 amide bonds. The molecule has 0 aliphatic carbocycles. The van der Waals surface area contributed by atoms with Crippen molar-refractivity contribution >= 4 is 29.0 Å². The van der Waals surface area contributed by atoms with Crippen LogP contribution >= 0.6 is 11.3 Å². The van der Waals surface area contributed by atoms with Gasteiger partial charge in [-0.2, -0.15) is 11.3 Å². The zero-order valence-corrected chi connectivity index (χ0v) is 10.4. The molecular formula is C11H11N3O3S. The first-order chi connectivity index (χ1) is 8.66. The fraction of sp³-hybridized carbons (Fsp3) is 0.182. The molecule has 2 heterocycles. The Morgan fingerprint density at radius 2 is 2.28 bits per heavy atom. The molecule has 0 radical (unpaired) electrons. The number of aryl methyl sites for hydroxylation is 1. The summed E-state index contributed by atoms with van der Waals surface area (Å²) in [5.74, 6) is -1.21. The number of thiophene rings is 1. The predicted octanol–water partition coefficient (Wildman–Crippen LogP) is 1.30. The molecule has 2 rings (SSSR count). The number of hydrogen-bond donors (Lipinski definition) is 2. The van der Waals surface area contributed by atoms with Crippen molar-refractivity contribution < 1.29 is 14.1 Å². The van der Waals surface area contributed by atoms with Crippen molar-refractivity contribution in [3.63, 3.8) is 0 Å². The zero-order valence-electron chi connectivity index (χ0n) is 9.60. The first-order valence-corrected chi connectivity index (χ1v) is 6.12. The molecule has 0 aromatic carbocycles. The van der Waals surface area contributed by atoms with Gasteiger partial charge in [0.25, 0.3) is 0 Å². The average molecular weight is 265 g/mol. The molecular weight excluding hydrogens is 254 g/mol. The van der Waals surface area contributed by atoms with E-state index in [9.17, 15) is 9.59 Å². The molecule has 2 aromatic rings. The number of rotatable bonds is 3. The lowest BCUT2D eigenvalue weighted by Gasteiger charge is -2.03. The van der Waals surface area contributed by atoms with Gasteiger partial charge in [-0.15, -0.1) is 0 Å². The predicted molar refractivity (Wildman–Crippen MR) is 66.0 cm³/mol. The third kappa shape index (κ3) is 2.95. The summed E-state index contributed by atoms with van der Waals surface area (Å²) >= 11 is 1.53. The van der Waals surface area contributed by atoms with Crippen molar-refractivity contribution in [3.05, 3.63) is 34.2 Å². The van der Waals surface area contributed by atoms with Crippen LogP contribution in [0.1, 0.15) is 11.1 Å². The van der Waals surface area contributed by atoms with E-state index in [-0.39, 0.29) is 5.82 Å². The summed E-state index contributed by atoms with van der Waals surface area (Å²) in [6.07, 6.45) is 1.39. The van der Waals surface area contributed by atoms with Crippen molar-refractivity contribution in [2.45, 2.75) is 13.5 Å². The maximum absolute atomic E-state index is 11.5. The van der Waals surface area contributed by atoms with Gasteiger partial charge in [-0.25, -0.2) is 0 Å². The highest BCUT2D eigenvalue weighted by Crippen LogP contribution is 2.10. The van der Waals surface area contributed by atoms with E-state index in [1.54, 1.807) is 6.92 Å². The third-order valence-electron chi connectivity index (χ3n) is 2.22. The van der Waals surface area contributed by atoms with Crippen molar-refractivity contribution in [1.29, 1.82) is 0 Å². The number of nitrogens with zero attached hydrogens (tertiary/aromatic N) is 1. The number of nitrogens with one attached hydrogen (secondary N) is 2. The molecule has 2 N–H and O–H groups in total. The normalized spacial score (nSPS) is 10.1. The molecule has 0 bridgehead atoms. The molecule has 94 valence electrons. The SMILES string of the molecule is Cc1conc1NC(=O)C(=O)NCc1ccsc1. The van der Waals surface area contributed by atoms with Crippen LogP contribution in [0, 0.1) is 6.92 Å². The largest absolute Gasteiger partial charge is 0.362 e. The van der Waals surface area contributed by atoms with E-state index in [0.717, 1.165) is 5.56 Å². The second-order valence-corrected chi connectivity index (χ2v) is 4.39. The van der Waals surface area contributed by atoms with E-state index >= 15 is 0 Å². The second-order valence-electron chi connectivity index (χ2n) is 3.61. The minimum atomic E-state index is -0.762. The van der Waals surface area contributed by atoms with E-state index in [0.29, 0.717) is 12.1 Å². The molecule has 0 saturated carbocycles. The molecule has 0 atom stereocenters. The average Bonchev–Trinajstić information content (AvgIpc) is 2.99. The van der Waals surface area contributed by atoms with E-state index in [4.69, 9.17) is 0 Å². The van der Waals surface area contributed by atoms with Crippen LogP contribution in [0.5, 0.6) is 0 Å². The van der Waals surface area contributed by atoms with E-state index < -0.39 is 11.8 Å². The number of amides is 2. The van der Waals surface area contributed by atoms with Gasteiger partial charge in [-0.3, -0.25) is 14.9 Å². The van der Waals surface area contributed by atoms with Gasteiger partial charge < -0.3 is 9.84 Å². The fourth-order valence-corrected chi connectivity index (χ4v) is 1.90. The summed E-state index contributed by atoms with van der Waals surface area (Å²) in [7, 11) is 0. The van der Waals surface area contributed by atoms with Crippen LogP contribution in [0.4, 0.5) is 5.82 Å². The number of anilines is 1. The smallest absolute Gasteiger partial charge is 0.314 e. The molecule has 0 unspecified atom stereocenters. The minimum Gasteiger partial charge on any atom is -0.362 e. The van der Waals surface area contributed by atoms with Crippen molar-refractivity contribution in [2.75, 3.05) is 5.32 Å². The third-order valence-corrected chi connectivity index (χ3v) is 2.95. The Kier molecular flexibility index (Phi) is 3.73. The van der Waals surface area contributed by atoms with Gasteiger partial charge in [0.15, 0.2) is 5.82 Å². The summed E-state index contributed by atoms with van der Waals surface area (Å²) in [6.45, 7) is 2.04. The molecule has 0 spiro atoms. The van der Waals surface area contributed by atoms with Crippen LogP contribution < -0.4 is 10.6 Å². The Hall–Kier alpha value is -2.15. The number of aromatic nitrogens is 1. The van der Waals surface area contributed by atoms with E-state index in [1.807, 2.05) is 16.8 Å². The first kappa shape index (κ1) is 12.3. The standard InChI is InChI=1S/C11H11N3O3S/c1-7-5-17-14-9(7)13-11(16)10(15)12-4-8-2-3-18-6-8/h2-3,5-6H,4H2,1H3,(H,12,15)(H,13,14,16). The van der Waals surface area contributed by atoms with Crippen LogP contribution in [0.25, 0.3) is 0 Å². The summed E-state index contributed by atoms with van der Waals surface area (Å²) in [6, 6.07) is 1.88. The molecule has 0 fully saturated rings. The van der Waals surface area contributed by atoms with Crippen LogP contribution in [0.2, 0.25) is 0 Å². The van der Waals surface area contributed by atoms with Gasteiger partial charge in [-0.05, 0) is 29.3 Å². The lowest BCUT2D eigenvalue weighted by atomic mass is 10.3. The van der Waals surface area contributed by atoms with Crippen LogP contribution in [0.15, 0.2) is 27.6 Å². The van der Waals surface area contributed by atoms with Crippen molar-refractivity contribution in [3.8, 4) is 0 Å². The molecule has 18 heavy (non-hydrogen) atoms. The maximum atomic E-state index is 11.5.